The van der Waals surface area contributed by atoms with Crippen LogP contribution in [0.3, 0.4) is 0 Å². The predicted octanol–water partition coefficient (Wildman–Crippen LogP) is 2.82. The first-order valence-electron chi connectivity index (χ1n) is 5.80. The number of alkyl halides is 2. The van der Waals surface area contributed by atoms with Crippen molar-refractivity contribution < 1.29 is 18.7 Å². The van der Waals surface area contributed by atoms with Crippen molar-refractivity contribution in [3.05, 3.63) is 34.7 Å². The summed E-state index contributed by atoms with van der Waals surface area (Å²) in [4.78, 5) is 19.2. The second kappa shape index (κ2) is 4.85. The largest absolute Gasteiger partial charge is 0.477 e. The maximum absolute atomic E-state index is 13.1. The molecule has 3 aromatic rings. The molecule has 0 aliphatic heterocycles. The lowest BCUT2D eigenvalue weighted by Gasteiger charge is -2.01. The number of aryl methyl sites for hydroxylation is 1. The fourth-order valence-corrected chi connectivity index (χ4v) is 2.87. The molecule has 0 unspecified atom stereocenters. The zero-order chi connectivity index (χ0) is 15.1. The lowest BCUT2D eigenvalue weighted by Crippen LogP contribution is -2.01. The smallest absolute Gasteiger partial charge is 0.345 e. The molecule has 0 spiro atoms. The molecule has 3 heterocycles. The van der Waals surface area contributed by atoms with Crippen LogP contribution in [0.1, 0.15) is 27.5 Å². The molecule has 0 saturated carbocycles. The SMILES string of the molecule is Cc1cc(-n2nc(C(F)F)c3cc(C(=O)O)sc32)ncn1. The summed E-state index contributed by atoms with van der Waals surface area (Å²) in [6.45, 7) is 1.73. The maximum Gasteiger partial charge on any atom is 0.345 e. The van der Waals surface area contributed by atoms with Crippen molar-refractivity contribution >= 4 is 27.5 Å². The fraction of sp³-hybridized carbons (Fsp3) is 0.167. The highest BCUT2D eigenvalue weighted by Crippen LogP contribution is 2.34. The van der Waals surface area contributed by atoms with Crippen molar-refractivity contribution in [2.45, 2.75) is 13.3 Å². The lowest BCUT2D eigenvalue weighted by atomic mass is 10.3. The topological polar surface area (TPSA) is 80.9 Å². The normalized spacial score (nSPS) is 11.4. The Kier molecular flexibility index (Phi) is 3.13. The average molecular weight is 310 g/mol. The molecule has 0 saturated heterocycles. The number of thiophene rings is 1. The molecule has 0 aromatic carbocycles. The third-order valence-corrected chi connectivity index (χ3v) is 3.91. The van der Waals surface area contributed by atoms with E-state index < -0.39 is 18.1 Å². The number of hydrogen-bond acceptors (Lipinski definition) is 5. The van der Waals surface area contributed by atoms with Gasteiger partial charge in [-0.15, -0.1) is 11.3 Å². The average Bonchev–Trinajstić information content (AvgIpc) is 2.96. The van der Waals surface area contributed by atoms with Crippen molar-refractivity contribution in [2.75, 3.05) is 0 Å². The quantitative estimate of drug-likeness (QED) is 0.804. The summed E-state index contributed by atoms with van der Waals surface area (Å²) < 4.78 is 27.4. The Labute approximate surface area is 120 Å². The first-order valence-corrected chi connectivity index (χ1v) is 6.62. The second-order valence-electron chi connectivity index (χ2n) is 4.25. The molecule has 3 aromatic heterocycles. The van der Waals surface area contributed by atoms with Gasteiger partial charge in [0, 0.05) is 17.1 Å². The summed E-state index contributed by atoms with van der Waals surface area (Å²) in [5.74, 6) is -0.847. The number of rotatable bonds is 3. The molecule has 0 bridgehead atoms. The number of carbonyl (C=O) groups is 1. The third kappa shape index (κ3) is 2.25. The van der Waals surface area contributed by atoms with Gasteiger partial charge < -0.3 is 5.11 Å². The second-order valence-corrected chi connectivity index (χ2v) is 5.28. The number of fused-ring (bicyclic) bond motifs is 1. The van der Waals surface area contributed by atoms with Gasteiger partial charge in [0.1, 0.15) is 21.7 Å². The molecule has 3 rings (SSSR count). The van der Waals surface area contributed by atoms with Crippen LogP contribution in [-0.4, -0.2) is 30.8 Å². The van der Waals surface area contributed by atoms with E-state index in [9.17, 15) is 13.6 Å². The molecule has 9 heteroatoms. The molecule has 0 aliphatic carbocycles. The van der Waals surface area contributed by atoms with Gasteiger partial charge in [-0.3, -0.25) is 0 Å². The van der Waals surface area contributed by atoms with Gasteiger partial charge in [-0.25, -0.2) is 28.2 Å². The minimum absolute atomic E-state index is 0.0242. The van der Waals surface area contributed by atoms with E-state index in [-0.39, 0.29) is 10.3 Å². The van der Waals surface area contributed by atoms with Crippen LogP contribution in [0.25, 0.3) is 16.0 Å². The van der Waals surface area contributed by atoms with Crippen molar-refractivity contribution in [2.24, 2.45) is 0 Å². The Morgan fingerprint density at radius 1 is 1.38 bits per heavy atom. The van der Waals surface area contributed by atoms with E-state index in [1.165, 1.54) is 17.1 Å². The number of carboxylic acids is 1. The zero-order valence-corrected chi connectivity index (χ0v) is 11.4. The third-order valence-electron chi connectivity index (χ3n) is 2.81. The van der Waals surface area contributed by atoms with Crippen molar-refractivity contribution in [1.82, 2.24) is 19.7 Å². The van der Waals surface area contributed by atoms with E-state index in [0.717, 1.165) is 11.3 Å². The van der Waals surface area contributed by atoms with Gasteiger partial charge in [0.2, 0.25) is 0 Å². The van der Waals surface area contributed by atoms with Crippen LogP contribution in [0.5, 0.6) is 0 Å². The van der Waals surface area contributed by atoms with Gasteiger partial charge >= 0.3 is 5.97 Å². The summed E-state index contributed by atoms with van der Waals surface area (Å²) in [5.41, 5.74) is 0.197. The van der Waals surface area contributed by atoms with E-state index in [1.807, 2.05) is 0 Å². The molecule has 21 heavy (non-hydrogen) atoms. The van der Waals surface area contributed by atoms with Crippen LogP contribution in [-0.2, 0) is 0 Å². The summed E-state index contributed by atoms with van der Waals surface area (Å²) in [7, 11) is 0. The number of halogens is 2. The van der Waals surface area contributed by atoms with Crippen LogP contribution in [0.15, 0.2) is 18.5 Å². The highest BCUT2D eigenvalue weighted by molar-refractivity contribution is 7.20. The highest BCUT2D eigenvalue weighted by Gasteiger charge is 2.23. The predicted molar refractivity (Wildman–Crippen MR) is 71.2 cm³/mol. The van der Waals surface area contributed by atoms with Crippen LogP contribution in [0.2, 0.25) is 0 Å². The molecule has 0 fully saturated rings. The minimum atomic E-state index is -2.80. The molecule has 6 nitrogen and oxygen atoms in total. The van der Waals surface area contributed by atoms with Crippen molar-refractivity contribution in [3.63, 3.8) is 0 Å². The standard InChI is InChI=1S/C12H8F2N4O2S/c1-5-2-8(16-4-15-5)18-11-6(9(17-18)10(13)14)3-7(21-11)12(19)20/h2-4,10H,1H3,(H,19,20). The monoisotopic (exact) mass is 310 g/mol. The van der Waals surface area contributed by atoms with Crippen LogP contribution in [0, 0.1) is 6.92 Å². The number of aromatic nitrogens is 4. The van der Waals surface area contributed by atoms with Crippen LogP contribution in [0.4, 0.5) is 8.78 Å². The molecular formula is C12H8F2N4O2S. The number of aromatic carboxylic acids is 1. The Hall–Kier alpha value is -2.42. The first kappa shape index (κ1) is 13.6. The van der Waals surface area contributed by atoms with Crippen molar-refractivity contribution in [1.29, 1.82) is 0 Å². The lowest BCUT2D eigenvalue weighted by molar-refractivity contribution is 0.0702. The van der Waals surface area contributed by atoms with Gasteiger partial charge in [-0.05, 0) is 13.0 Å². The van der Waals surface area contributed by atoms with E-state index in [1.54, 1.807) is 13.0 Å². The molecule has 0 aliphatic rings. The summed E-state index contributed by atoms with van der Waals surface area (Å²) in [6, 6.07) is 2.79. The molecule has 108 valence electrons. The Balaban J connectivity index is 2.29. The Morgan fingerprint density at radius 3 is 2.76 bits per heavy atom. The number of hydrogen-bond donors (Lipinski definition) is 1. The van der Waals surface area contributed by atoms with Gasteiger partial charge in [0.15, 0.2) is 5.82 Å². The van der Waals surface area contributed by atoms with Crippen LogP contribution >= 0.6 is 11.3 Å². The Bertz CT molecular complexity index is 843. The molecule has 0 atom stereocenters. The maximum atomic E-state index is 13.1. The van der Waals surface area contributed by atoms with E-state index in [4.69, 9.17) is 5.11 Å². The van der Waals surface area contributed by atoms with Crippen LogP contribution < -0.4 is 0 Å². The van der Waals surface area contributed by atoms with E-state index >= 15 is 0 Å². The first-order chi connectivity index (χ1) is 9.97. The molecule has 0 radical (unpaired) electrons. The van der Waals surface area contributed by atoms with Crippen molar-refractivity contribution in [3.8, 4) is 5.82 Å². The minimum Gasteiger partial charge on any atom is -0.477 e. The van der Waals surface area contributed by atoms with E-state index in [2.05, 4.69) is 15.1 Å². The molecule has 1 N–H and O–H groups in total. The zero-order valence-electron chi connectivity index (χ0n) is 10.6. The highest BCUT2D eigenvalue weighted by atomic mass is 32.1. The van der Waals surface area contributed by atoms with Gasteiger partial charge in [-0.1, -0.05) is 0 Å². The van der Waals surface area contributed by atoms with Gasteiger partial charge in [0.25, 0.3) is 6.43 Å². The number of carboxylic acid groups (broad SMARTS) is 1. The summed E-state index contributed by atoms with van der Waals surface area (Å²) in [5, 5.41) is 13.0. The summed E-state index contributed by atoms with van der Waals surface area (Å²) in [6.07, 6.45) is -1.50. The fourth-order valence-electron chi connectivity index (χ4n) is 1.91. The molecule has 0 amide bonds. The Morgan fingerprint density at radius 2 is 2.14 bits per heavy atom. The summed E-state index contributed by atoms with van der Waals surface area (Å²) >= 11 is 0.878. The molecular weight excluding hydrogens is 302 g/mol. The van der Waals surface area contributed by atoms with Gasteiger partial charge in [-0.2, -0.15) is 5.10 Å². The van der Waals surface area contributed by atoms with E-state index in [0.29, 0.717) is 16.3 Å². The number of nitrogens with zero attached hydrogens (tertiary/aromatic N) is 4. The van der Waals surface area contributed by atoms with Gasteiger partial charge in [0.05, 0.1) is 0 Å².